The highest BCUT2D eigenvalue weighted by Crippen LogP contribution is 2.16. The molecule has 2 rings (SSSR count). The molecule has 1 amide bonds. The van der Waals surface area contributed by atoms with Crippen molar-refractivity contribution >= 4 is 11.9 Å². The van der Waals surface area contributed by atoms with Gasteiger partial charge in [0, 0.05) is 0 Å². The van der Waals surface area contributed by atoms with E-state index < -0.39 is 5.97 Å². The molecule has 0 aromatic heterocycles. The van der Waals surface area contributed by atoms with Gasteiger partial charge in [-0.2, -0.15) is 0 Å². The van der Waals surface area contributed by atoms with Gasteiger partial charge in [0.25, 0.3) is 5.91 Å². The van der Waals surface area contributed by atoms with Crippen molar-refractivity contribution in [3.63, 3.8) is 0 Å². The maximum absolute atomic E-state index is 12.8. The van der Waals surface area contributed by atoms with Crippen molar-refractivity contribution in [3.05, 3.63) is 70.5 Å². The average molecular weight is 343 g/mol. The van der Waals surface area contributed by atoms with E-state index in [-0.39, 0.29) is 30.8 Å². The Bertz CT molecular complexity index is 756. The van der Waals surface area contributed by atoms with E-state index in [0.29, 0.717) is 5.56 Å². The van der Waals surface area contributed by atoms with Gasteiger partial charge in [-0.25, -0.2) is 4.39 Å². The maximum atomic E-state index is 12.8. The number of hydrogen-bond acceptors (Lipinski definition) is 3. The van der Waals surface area contributed by atoms with E-state index in [1.807, 2.05) is 39.0 Å². The first kappa shape index (κ1) is 18.6. The summed E-state index contributed by atoms with van der Waals surface area (Å²) in [5.41, 5.74) is 3.98. The monoisotopic (exact) mass is 343 g/mol. The van der Waals surface area contributed by atoms with Gasteiger partial charge in [0.1, 0.15) is 5.82 Å². The summed E-state index contributed by atoms with van der Waals surface area (Å²) in [6.07, 6.45) is 0.000268. The Kier molecular flexibility index (Phi) is 6.28. The van der Waals surface area contributed by atoms with Crippen LogP contribution in [0.1, 0.15) is 35.2 Å². The van der Waals surface area contributed by atoms with Crippen molar-refractivity contribution in [2.75, 3.05) is 6.61 Å². The van der Waals surface area contributed by atoms with E-state index in [1.165, 1.54) is 29.8 Å². The molecule has 1 N–H and O–H groups in total. The highest BCUT2D eigenvalue weighted by Gasteiger charge is 2.13. The molecule has 132 valence electrons. The Labute approximate surface area is 147 Å². The largest absolute Gasteiger partial charge is 0.455 e. The molecular weight excluding hydrogens is 321 g/mol. The molecule has 4 nitrogen and oxygen atoms in total. The van der Waals surface area contributed by atoms with Crippen molar-refractivity contribution in [3.8, 4) is 0 Å². The summed E-state index contributed by atoms with van der Waals surface area (Å²) in [6.45, 7) is 5.59. The molecule has 0 bridgehead atoms. The fourth-order valence-electron chi connectivity index (χ4n) is 2.37. The van der Waals surface area contributed by atoms with Crippen molar-refractivity contribution in [2.24, 2.45) is 0 Å². The number of halogens is 1. The molecule has 0 fully saturated rings. The Hall–Kier alpha value is -2.69. The van der Waals surface area contributed by atoms with Crippen molar-refractivity contribution in [2.45, 2.75) is 33.2 Å². The van der Waals surface area contributed by atoms with E-state index in [2.05, 4.69) is 5.32 Å². The van der Waals surface area contributed by atoms with Crippen LogP contribution < -0.4 is 5.32 Å². The molecule has 2 aromatic rings. The van der Waals surface area contributed by atoms with E-state index in [4.69, 9.17) is 4.74 Å². The highest BCUT2D eigenvalue weighted by molar-refractivity contribution is 5.81. The molecule has 0 radical (unpaired) electrons. The summed E-state index contributed by atoms with van der Waals surface area (Å²) in [6, 6.07) is 11.4. The molecule has 25 heavy (non-hydrogen) atoms. The van der Waals surface area contributed by atoms with E-state index >= 15 is 0 Å². The lowest BCUT2D eigenvalue weighted by Gasteiger charge is -2.15. The summed E-state index contributed by atoms with van der Waals surface area (Å²) >= 11 is 0. The van der Waals surface area contributed by atoms with Gasteiger partial charge in [-0.15, -0.1) is 0 Å². The minimum atomic E-state index is -0.527. The maximum Gasteiger partial charge on any atom is 0.310 e. The van der Waals surface area contributed by atoms with Gasteiger partial charge in [-0.3, -0.25) is 9.59 Å². The zero-order valence-corrected chi connectivity index (χ0v) is 14.6. The fourth-order valence-corrected chi connectivity index (χ4v) is 2.37. The Morgan fingerprint density at radius 1 is 1.08 bits per heavy atom. The van der Waals surface area contributed by atoms with Crippen LogP contribution in [0, 0.1) is 19.7 Å². The molecule has 0 saturated carbocycles. The van der Waals surface area contributed by atoms with E-state index in [1.54, 1.807) is 0 Å². The summed E-state index contributed by atoms with van der Waals surface area (Å²) in [7, 11) is 0. The number of amides is 1. The lowest BCUT2D eigenvalue weighted by molar-refractivity contribution is -0.148. The van der Waals surface area contributed by atoms with E-state index in [0.717, 1.165) is 11.1 Å². The van der Waals surface area contributed by atoms with Gasteiger partial charge < -0.3 is 10.1 Å². The van der Waals surface area contributed by atoms with Crippen LogP contribution in [0.2, 0.25) is 0 Å². The van der Waals surface area contributed by atoms with Crippen LogP contribution >= 0.6 is 0 Å². The fraction of sp³-hybridized carbons (Fsp3) is 0.300. The standard InChI is InChI=1S/C20H22FNO3/c1-13-4-7-17(10-14(13)2)15(3)22-19(23)12-25-20(24)11-16-5-8-18(21)9-6-16/h4-10,15H,11-12H2,1-3H3,(H,22,23)/t15-/m0/s1. The third-order valence-corrected chi connectivity index (χ3v) is 4.03. The Morgan fingerprint density at radius 2 is 1.76 bits per heavy atom. The molecule has 0 aliphatic rings. The van der Waals surface area contributed by atoms with Crippen molar-refractivity contribution < 1.29 is 18.7 Å². The predicted octanol–water partition coefficient (Wildman–Crippen LogP) is 3.41. The first-order valence-electron chi connectivity index (χ1n) is 8.11. The van der Waals surface area contributed by atoms with Crippen LogP contribution in [0.25, 0.3) is 0 Å². The molecule has 0 heterocycles. The zero-order chi connectivity index (χ0) is 18.4. The molecule has 2 aromatic carbocycles. The van der Waals surface area contributed by atoms with Gasteiger partial charge in [-0.05, 0) is 55.2 Å². The number of rotatable bonds is 6. The summed E-state index contributed by atoms with van der Waals surface area (Å²) in [5, 5.41) is 2.80. The van der Waals surface area contributed by atoms with Gasteiger partial charge in [-0.1, -0.05) is 30.3 Å². The number of hydrogen-bond donors (Lipinski definition) is 1. The number of carbonyl (C=O) groups is 2. The minimum Gasteiger partial charge on any atom is -0.455 e. The lowest BCUT2D eigenvalue weighted by atomic mass is 10.0. The molecule has 0 saturated heterocycles. The normalized spacial score (nSPS) is 11.7. The zero-order valence-electron chi connectivity index (χ0n) is 14.6. The Balaban J connectivity index is 1.80. The minimum absolute atomic E-state index is 0.000268. The third kappa shape index (κ3) is 5.71. The smallest absolute Gasteiger partial charge is 0.310 e. The van der Waals surface area contributed by atoms with Crippen LogP contribution in [-0.4, -0.2) is 18.5 Å². The number of carbonyl (C=O) groups excluding carboxylic acids is 2. The molecule has 0 aliphatic carbocycles. The van der Waals surface area contributed by atoms with Gasteiger partial charge >= 0.3 is 5.97 Å². The lowest BCUT2D eigenvalue weighted by Crippen LogP contribution is -2.31. The van der Waals surface area contributed by atoms with Gasteiger partial charge in [0.05, 0.1) is 12.5 Å². The van der Waals surface area contributed by atoms with Crippen LogP contribution in [0.5, 0.6) is 0 Å². The van der Waals surface area contributed by atoms with E-state index in [9.17, 15) is 14.0 Å². The number of esters is 1. The second-order valence-corrected chi connectivity index (χ2v) is 6.10. The number of benzene rings is 2. The number of nitrogens with one attached hydrogen (secondary N) is 1. The first-order valence-corrected chi connectivity index (χ1v) is 8.11. The Morgan fingerprint density at radius 3 is 2.40 bits per heavy atom. The summed E-state index contributed by atoms with van der Waals surface area (Å²) in [4.78, 5) is 23.7. The van der Waals surface area contributed by atoms with Crippen LogP contribution in [0.3, 0.4) is 0 Å². The quantitative estimate of drug-likeness (QED) is 0.818. The van der Waals surface area contributed by atoms with Crippen molar-refractivity contribution in [1.82, 2.24) is 5.32 Å². The number of ether oxygens (including phenoxy) is 1. The highest BCUT2D eigenvalue weighted by atomic mass is 19.1. The average Bonchev–Trinajstić information content (AvgIpc) is 2.57. The van der Waals surface area contributed by atoms with Crippen LogP contribution in [0.4, 0.5) is 4.39 Å². The van der Waals surface area contributed by atoms with Gasteiger partial charge in [0.15, 0.2) is 6.61 Å². The second kappa shape index (κ2) is 8.42. The first-order chi connectivity index (χ1) is 11.8. The third-order valence-electron chi connectivity index (χ3n) is 4.03. The summed E-state index contributed by atoms with van der Waals surface area (Å²) in [5.74, 6) is -1.25. The second-order valence-electron chi connectivity index (χ2n) is 6.10. The molecule has 0 aliphatic heterocycles. The van der Waals surface area contributed by atoms with Crippen LogP contribution in [-0.2, 0) is 20.7 Å². The molecule has 0 spiro atoms. The predicted molar refractivity (Wildman–Crippen MR) is 93.5 cm³/mol. The van der Waals surface area contributed by atoms with Crippen LogP contribution in [0.15, 0.2) is 42.5 Å². The van der Waals surface area contributed by atoms with Gasteiger partial charge in [0.2, 0.25) is 0 Å². The molecular formula is C20H22FNO3. The topological polar surface area (TPSA) is 55.4 Å². The summed E-state index contributed by atoms with van der Waals surface area (Å²) < 4.78 is 17.8. The molecule has 1 atom stereocenters. The molecule has 0 unspecified atom stereocenters. The SMILES string of the molecule is Cc1ccc([C@H](C)NC(=O)COC(=O)Cc2ccc(F)cc2)cc1C. The van der Waals surface area contributed by atoms with Crippen molar-refractivity contribution in [1.29, 1.82) is 0 Å². The number of aryl methyl sites for hydroxylation is 2. The molecule has 5 heteroatoms.